The average Bonchev–Trinajstić information content (AvgIpc) is 3.03. The minimum absolute atomic E-state index is 0.000993. The van der Waals surface area contributed by atoms with Gasteiger partial charge in [-0.25, -0.2) is 0 Å². The van der Waals surface area contributed by atoms with E-state index in [0.29, 0.717) is 16.3 Å². The Hall–Kier alpha value is -1.26. The summed E-state index contributed by atoms with van der Waals surface area (Å²) in [7, 11) is 0. The number of piperazine rings is 1. The fourth-order valence-corrected chi connectivity index (χ4v) is 3.62. The van der Waals surface area contributed by atoms with Crippen molar-refractivity contribution in [2.75, 3.05) is 31.9 Å². The summed E-state index contributed by atoms with van der Waals surface area (Å²) in [6, 6.07) is 5.82. The molecule has 2 N–H and O–H groups in total. The normalized spacial score (nSPS) is 20.9. The number of carbonyl (C=O) groups excluding carboxylic acids is 1. The molecule has 3 rings (SSSR count). The Kier molecular flexibility index (Phi) is 4.36. The lowest BCUT2D eigenvalue weighted by Gasteiger charge is -2.38. The highest BCUT2D eigenvalue weighted by molar-refractivity contribution is 6.31. The van der Waals surface area contributed by atoms with Crippen molar-refractivity contribution in [1.82, 2.24) is 9.80 Å². The van der Waals surface area contributed by atoms with Crippen LogP contribution in [0.25, 0.3) is 0 Å². The van der Waals surface area contributed by atoms with Crippen LogP contribution < -0.4 is 5.73 Å². The number of nitrogen functional groups attached to an aromatic ring is 1. The molecule has 4 nitrogen and oxygen atoms in total. The topological polar surface area (TPSA) is 49.6 Å². The first-order valence-electron chi connectivity index (χ1n) is 7.73. The molecule has 0 spiro atoms. The number of halogens is 1. The molecular formula is C16H22ClN3O. The van der Waals surface area contributed by atoms with Crippen molar-refractivity contribution < 1.29 is 4.79 Å². The Balaban J connectivity index is 1.63. The van der Waals surface area contributed by atoms with Gasteiger partial charge in [-0.1, -0.05) is 24.4 Å². The third-order valence-corrected chi connectivity index (χ3v) is 4.92. The molecule has 1 aromatic rings. The minimum atomic E-state index is 0.000993. The van der Waals surface area contributed by atoms with Crippen molar-refractivity contribution in [2.24, 2.45) is 0 Å². The van der Waals surface area contributed by atoms with Crippen LogP contribution in [0.2, 0.25) is 5.02 Å². The van der Waals surface area contributed by atoms with E-state index in [2.05, 4.69) is 4.90 Å². The van der Waals surface area contributed by atoms with Crippen LogP contribution in [0, 0.1) is 0 Å². The van der Waals surface area contributed by atoms with Crippen molar-refractivity contribution in [3.63, 3.8) is 0 Å². The van der Waals surface area contributed by atoms with Gasteiger partial charge in [-0.15, -0.1) is 0 Å². The Labute approximate surface area is 130 Å². The Morgan fingerprint density at radius 2 is 1.81 bits per heavy atom. The lowest BCUT2D eigenvalue weighted by molar-refractivity contribution is 0.0574. The summed E-state index contributed by atoms with van der Waals surface area (Å²) in [6.07, 6.45) is 5.33. The van der Waals surface area contributed by atoms with Crippen molar-refractivity contribution >= 4 is 23.2 Å². The van der Waals surface area contributed by atoms with Gasteiger partial charge in [0.15, 0.2) is 0 Å². The molecule has 2 aliphatic rings. The van der Waals surface area contributed by atoms with Gasteiger partial charge in [-0.05, 0) is 31.0 Å². The summed E-state index contributed by atoms with van der Waals surface area (Å²) >= 11 is 5.97. The third-order valence-electron chi connectivity index (χ3n) is 4.69. The van der Waals surface area contributed by atoms with Gasteiger partial charge in [0, 0.05) is 42.9 Å². The van der Waals surface area contributed by atoms with E-state index in [1.54, 1.807) is 18.2 Å². The van der Waals surface area contributed by atoms with E-state index in [1.807, 2.05) is 4.90 Å². The fraction of sp³-hybridized carbons (Fsp3) is 0.562. The van der Waals surface area contributed by atoms with Crippen molar-refractivity contribution in [1.29, 1.82) is 0 Å². The first-order valence-corrected chi connectivity index (χ1v) is 8.11. The second kappa shape index (κ2) is 6.24. The molecule has 0 aromatic heterocycles. The van der Waals surface area contributed by atoms with Crippen LogP contribution >= 0.6 is 11.6 Å². The van der Waals surface area contributed by atoms with Crippen LogP contribution in [0.1, 0.15) is 36.0 Å². The van der Waals surface area contributed by atoms with E-state index >= 15 is 0 Å². The number of hydrogen-bond acceptors (Lipinski definition) is 3. The van der Waals surface area contributed by atoms with E-state index in [9.17, 15) is 4.79 Å². The van der Waals surface area contributed by atoms with E-state index < -0.39 is 0 Å². The van der Waals surface area contributed by atoms with Gasteiger partial charge in [0.2, 0.25) is 0 Å². The van der Waals surface area contributed by atoms with Gasteiger partial charge in [0.1, 0.15) is 0 Å². The van der Waals surface area contributed by atoms with Gasteiger partial charge in [-0.3, -0.25) is 9.69 Å². The second-order valence-corrected chi connectivity index (χ2v) is 6.43. The van der Waals surface area contributed by atoms with Gasteiger partial charge in [0.25, 0.3) is 5.91 Å². The summed E-state index contributed by atoms with van der Waals surface area (Å²) in [6.45, 7) is 3.50. The molecule has 2 fully saturated rings. The predicted octanol–water partition coefficient (Wildman–Crippen LogP) is 2.62. The molecule has 0 atom stereocenters. The standard InChI is InChI=1S/C16H22ClN3O/c17-12-5-6-15(18)14(11-12)16(21)20-9-7-19(8-10-20)13-3-1-2-4-13/h5-6,11,13H,1-4,7-10,18H2. The fourth-order valence-electron chi connectivity index (χ4n) is 3.44. The zero-order valence-electron chi connectivity index (χ0n) is 12.2. The molecule has 1 amide bonds. The Morgan fingerprint density at radius 3 is 2.48 bits per heavy atom. The number of benzene rings is 1. The molecule has 0 radical (unpaired) electrons. The molecule has 114 valence electrons. The molecule has 5 heteroatoms. The SMILES string of the molecule is Nc1ccc(Cl)cc1C(=O)N1CCN(C2CCCC2)CC1. The maximum absolute atomic E-state index is 12.6. The maximum atomic E-state index is 12.6. The number of hydrogen-bond donors (Lipinski definition) is 1. The molecule has 1 aromatic carbocycles. The first-order chi connectivity index (χ1) is 10.1. The van der Waals surface area contributed by atoms with Gasteiger partial charge in [0.05, 0.1) is 5.56 Å². The Morgan fingerprint density at radius 1 is 1.14 bits per heavy atom. The van der Waals surface area contributed by atoms with Crippen molar-refractivity contribution in [3.8, 4) is 0 Å². The van der Waals surface area contributed by atoms with Crippen LogP contribution in [-0.4, -0.2) is 47.9 Å². The monoisotopic (exact) mass is 307 g/mol. The van der Waals surface area contributed by atoms with Crippen LogP contribution in [0.5, 0.6) is 0 Å². The number of carbonyl (C=O) groups is 1. The zero-order valence-corrected chi connectivity index (χ0v) is 13.0. The highest BCUT2D eigenvalue weighted by Gasteiger charge is 2.28. The Bertz CT molecular complexity index is 520. The summed E-state index contributed by atoms with van der Waals surface area (Å²) in [5.41, 5.74) is 6.93. The summed E-state index contributed by atoms with van der Waals surface area (Å²) < 4.78 is 0. The molecule has 0 unspecified atom stereocenters. The number of amides is 1. The van der Waals surface area contributed by atoms with E-state index in [1.165, 1.54) is 25.7 Å². The predicted molar refractivity (Wildman–Crippen MR) is 85.6 cm³/mol. The lowest BCUT2D eigenvalue weighted by Crippen LogP contribution is -2.51. The maximum Gasteiger partial charge on any atom is 0.256 e. The zero-order chi connectivity index (χ0) is 14.8. The largest absolute Gasteiger partial charge is 0.398 e. The smallest absolute Gasteiger partial charge is 0.256 e. The highest BCUT2D eigenvalue weighted by Crippen LogP contribution is 2.25. The third kappa shape index (κ3) is 3.16. The van der Waals surface area contributed by atoms with Gasteiger partial charge in [-0.2, -0.15) is 0 Å². The van der Waals surface area contributed by atoms with Crippen LogP contribution in [0.3, 0.4) is 0 Å². The van der Waals surface area contributed by atoms with Crippen LogP contribution in [0.4, 0.5) is 5.69 Å². The van der Waals surface area contributed by atoms with E-state index in [-0.39, 0.29) is 5.91 Å². The number of nitrogens with zero attached hydrogens (tertiary/aromatic N) is 2. The summed E-state index contributed by atoms with van der Waals surface area (Å²) in [5, 5.41) is 0.553. The number of anilines is 1. The molecule has 1 aliphatic heterocycles. The molecular weight excluding hydrogens is 286 g/mol. The summed E-state index contributed by atoms with van der Waals surface area (Å²) in [4.78, 5) is 17.0. The number of nitrogens with two attached hydrogens (primary N) is 1. The minimum Gasteiger partial charge on any atom is -0.398 e. The van der Waals surface area contributed by atoms with Gasteiger partial charge >= 0.3 is 0 Å². The molecule has 1 heterocycles. The lowest BCUT2D eigenvalue weighted by atomic mass is 10.1. The van der Waals surface area contributed by atoms with E-state index in [0.717, 1.165) is 32.2 Å². The average molecular weight is 308 g/mol. The molecule has 1 saturated carbocycles. The van der Waals surface area contributed by atoms with Crippen molar-refractivity contribution in [3.05, 3.63) is 28.8 Å². The summed E-state index contributed by atoms with van der Waals surface area (Å²) in [5.74, 6) is 0.000993. The molecule has 1 saturated heterocycles. The van der Waals surface area contributed by atoms with Crippen LogP contribution in [0.15, 0.2) is 18.2 Å². The molecule has 21 heavy (non-hydrogen) atoms. The quantitative estimate of drug-likeness (QED) is 0.855. The highest BCUT2D eigenvalue weighted by atomic mass is 35.5. The molecule has 0 bridgehead atoms. The van der Waals surface area contributed by atoms with Gasteiger partial charge < -0.3 is 10.6 Å². The molecule has 1 aliphatic carbocycles. The van der Waals surface area contributed by atoms with Crippen LogP contribution in [-0.2, 0) is 0 Å². The van der Waals surface area contributed by atoms with E-state index in [4.69, 9.17) is 17.3 Å². The van der Waals surface area contributed by atoms with Crippen molar-refractivity contribution in [2.45, 2.75) is 31.7 Å². The first kappa shape index (κ1) is 14.7. The number of rotatable bonds is 2. The second-order valence-electron chi connectivity index (χ2n) is 6.00.